The first-order valence-electron chi connectivity index (χ1n) is 6.57. The third-order valence-electron chi connectivity index (χ3n) is 4.09. The molecule has 1 aromatic carbocycles. The maximum absolute atomic E-state index is 9.01. The molecule has 2 fully saturated rings. The molecule has 2 atom stereocenters. The lowest BCUT2D eigenvalue weighted by atomic mass is 10.1. The second-order valence-electron chi connectivity index (χ2n) is 5.14. The molecule has 2 heterocycles. The Bertz CT molecular complexity index is 376. The molecule has 2 unspecified atom stereocenters. The van der Waals surface area contributed by atoms with Gasteiger partial charge in [0.15, 0.2) is 0 Å². The Morgan fingerprint density at radius 1 is 1.18 bits per heavy atom. The zero-order valence-corrected chi connectivity index (χ0v) is 10.1. The van der Waals surface area contributed by atoms with Crippen LogP contribution in [-0.4, -0.2) is 35.2 Å². The van der Waals surface area contributed by atoms with Crippen LogP contribution < -0.4 is 5.32 Å². The molecule has 0 spiro atoms. The van der Waals surface area contributed by atoms with Crippen molar-refractivity contribution >= 4 is 5.69 Å². The van der Waals surface area contributed by atoms with Gasteiger partial charge in [0, 0.05) is 24.3 Å². The van der Waals surface area contributed by atoms with Gasteiger partial charge in [-0.3, -0.25) is 4.90 Å². The van der Waals surface area contributed by atoms with Crippen LogP contribution in [0, 0.1) is 0 Å². The van der Waals surface area contributed by atoms with E-state index < -0.39 is 0 Å². The number of nitrogens with one attached hydrogen (secondary N) is 1. The molecule has 0 aliphatic carbocycles. The molecule has 0 saturated carbocycles. The van der Waals surface area contributed by atoms with Gasteiger partial charge >= 0.3 is 0 Å². The molecule has 1 aromatic rings. The SMILES string of the molecule is OCc1ccc(NC2CCN3CCCC23)cc1. The molecule has 2 aliphatic heterocycles. The Morgan fingerprint density at radius 2 is 2.00 bits per heavy atom. The van der Waals surface area contributed by atoms with Crippen LogP contribution in [0.4, 0.5) is 5.69 Å². The van der Waals surface area contributed by atoms with Crippen LogP contribution in [0.2, 0.25) is 0 Å². The number of fused-ring (bicyclic) bond motifs is 1. The van der Waals surface area contributed by atoms with E-state index in [2.05, 4.69) is 22.3 Å². The van der Waals surface area contributed by atoms with Crippen molar-refractivity contribution in [2.45, 2.75) is 38.0 Å². The molecule has 0 amide bonds. The van der Waals surface area contributed by atoms with Crippen LogP contribution >= 0.6 is 0 Å². The van der Waals surface area contributed by atoms with Crippen LogP contribution in [0.3, 0.4) is 0 Å². The first-order chi connectivity index (χ1) is 8.36. The molecule has 2 saturated heterocycles. The normalized spacial score (nSPS) is 28.3. The standard InChI is InChI=1S/C14H20N2O/c17-10-11-3-5-12(6-4-11)15-13-7-9-16-8-1-2-14(13)16/h3-6,13-15,17H,1-2,7-10H2. The second kappa shape index (κ2) is 4.67. The van der Waals surface area contributed by atoms with Crippen molar-refractivity contribution in [3.05, 3.63) is 29.8 Å². The zero-order chi connectivity index (χ0) is 11.7. The van der Waals surface area contributed by atoms with Crippen LogP contribution in [0.1, 0.15) is 24.8 Å². The van der Waals surface area contributed by atoms with Crippen molar-refractivity contribution in [2.24, 2.45) is 0 Å². The van der Waals surface area contributed by atoms with Gasteiger partial charge in [-0.25, -0.2) is 0 Å². The molecule has 3 nitrogen and oxygen atoms in total. The summed E-state index contributed by atoms with van der Waals surface area (Å²) in [6, 6.07) is 9.48. The van der Waals surface area contributed by atoms with E-state index in [-0.39, 0.29) is 6.61 Å². The monoisotopic (exact) mass is 232 g/mol. The number of hydrogen-bond acceptors (Lipinski definition) is 3. The Hall–Kier alpha value is -1.06. The fourth-order valence-electron chi connectivity index (χ4n) is 3.17. The minimum Gasteiger partial charge on any atom is -0.392 e. The lowest BCUT2D eigenvalue weighted by Gasteiger charge is -2.22. The Balaban J connectivity index is 1.66. The first-order valence-corrected chi connectivity index (χ1v) is 6.57. The van der Waals surface area contributed by atoms with Gasteiger partial charge in [0.25, 0.3) is 0 Å². The van der Waals surface area contributed by atoms with Crippen molar-refractivity contribution in [3.63, 3.8) is 0 Å². The van der Waals surface area contributed by atoms with E-state index in [9.17, 15) is 0 Å². The maximum Gasteiger partial charge on any atom is 0.0681 e. The molecular formula is C14H20N2O. The third-order valence-corrected chi connectivity index (χ3v) is 4.09. The molecule has 2 aliphatic rings. The van der Waals surface area contributed by atoms with Crippen molar-refractivity contribution in [3.8, 4) is 0 Å². The van der Waals surface area contributed by atoms with Gasteiger partial charge in [-0.2, -0.15) is 0 Å². The van der Waals surface area contributed by atoms with E-state index in [1.165, 1.54) is 38.0 Å². The highest BCUT2D eigenvalue weighted by Gasteiger charge is 2.36. The summed E-state index contributed by atoms with van der Waals surface area (Å²) in [6.45, 7) is 2.66. The second-order valence-corrected chi connectivity index (χ2v) is 5.14. The summed E-state index contributed by atoms with van der Waals surface area (Å²) in [5.41, 5.74) is 2.16. The largest absolute Gasteiger partial charge is 0.392 e. The third kappa shape index (κ3) is 2.17. The molecule has 17 heavy (non-hydrogen) atoms. The quantitative estimate of drug-likeness (QED) is 0.834. The Labute approximate surface area is 102 Å². The molecule has 3 rings (SSSR count). The van der Waals surface area contributed by atoms with E-state index in [1.54, 1.807) is 0 Å². The minimum absolute atomic E-state index is 0.125. The van der Waals surface area contributed by atoms with Crippen molar-refractivity contribution in [1.29, 1.82) is 0 Å². The number of hydrogen-bond donors (Lipinski definition) is 2. The zero-order valence-electron chi connectivity index (χ0n) is 10.1. The van der Waals surface area contributed by atoms with Gasteiger partial charge in [-0.1, -0.05) is 12.1 Å². The molecular weight excluding hydrogens is 212 g/mol. The van der Waals surface area contributed by atoms with E-state index in [0.717, 1.165) is 11.6 Å². The van der Waals surface area contributed by atoms with E-state index >= 15 is 0 Å². The first kappa shape index (κ1) is 11.1. The lowest BCUT2D eigenvalue weighted by molar-refractivity contribution is 0.282. The van der Waals surface area contributed by atoms with Gasteiger partial charge in [0.1, 0.15) is 0 Å². The number of rotatable bonds is 3. The van der Waals surface area contributed by atoms with Crippen LogP contribution in [-0.2, 0) is 6.61 Å². The van der Waals surface area contributed by atoms with Crippen LogP contribution in [0.15, 0.2) is 24.3 Å². The number of aliphatic hydroxyl groups is 1. The van der Waals surface area contributed by atoms with Crippen molar-refractivity contribution in [1.82, 2.24) is 4.90 Å². The minimum atomic E-state index is 0.125. The summed E-state index contributed by atoms with van der Waals surface area (Å²) in [6.07, 6.45) is 3.95. The summed E-state index contributed by atoms with van der Waals surface area (Å²) in [5.74, 6) is 0. The topological polar surface area (TPSA) is 35.5 Å². The molecule has 2 N–H and O–H groups in total. The molecule has 0 aromatic heterocycles. The summed E-state index contributed by atoms with van der Waals surface area (Å²) in [7, 11) is 0. The van der Waals surface area contributed by atoms with Gasteiger partial charge in [-0.05, 0) is 43.5 Å². The summed E-state index contributed by atoms with van der Waals surface area (Å²) < 4.78 is 0. The highest BCUT2D eigenvalue weighted by Crippen LogP contribution is 2.30. The fourth-order valence-corrected chi connectivity index (χ4v) is 3.17. The Kier molecular flexibility index (Phi) is 3.04. The van der Waals surface area contributed by atoms with Crippen molar-refractivity contribution < 1.29 is 5.11 Å². The highest BCUT2D eigenvalue weighted by atomic mass is 16.3. The Morgan fingerprint density at radius 3 is 2.76 bits per heavy atom. The summed E-state index contributed by atoms with van der Waals surface area (Å²) >= 11 is 0. The van der Waals surface area contributed by atoms with E-state index in [4.69, 9.17) is 5.11 Å². The molecule has 92 valence electrons. The maximum atomic E-state index is 9.01. The lowest BCUT2D eigenvalue weighted by Crippen LogP contribution is -2.33. The number of nitrogens with zero attached hydrogens (tertiary/aromatic N) is 1. The molecule has 3 heteroatoms. The average molecular weight is 232 g/mol. The van der Waals surface area contributed by atoms with Gasteiger partial charge in [0.05, 0.1) is 6.61 Å². The average Bonchev–Trinajstić information content (AvgIpc) is 2.95. The van der Waals surface area contributed by atoms with E-state index in [0.29, 0.717) is 6.04 Å². The van der Waals surface area contributed by atoms with Crippen LogP contribution in [0.25, 0.3) is 0 Å². The summed E-state index contributed by atoms with van der Waals surface area (Å²) in [5, 5.41) is 12.6. The van der Waals surface area contributed by atoms with E-state index in [1.807, 2.05) is 12.1 Å². The molecule has 0 bridgehead atoms. The van der Waals surface area contributed by atoms with Gasteiger partial charge in [0.2, 0.25) is 0 Å². The number of benzene rings is 1. The predicted molar refractivity (Wildman–Crippen MR) is 69.0 cm³/mol. The van der Waals surface area contributed by atoms with Crippen LogP contribution in [0.5, 0.6) is 0 Å². The van der Waals surface area contributed by atoms with Gasteiger partial charge in [-0.15, -0.1) is 0 Å². The molecule has 0 radical (unpaired) electrons. The smallest absolute Gasteiger partial charge is 0.0681 e. The fraction of sp³-hybridized carbons (Fsp3) is 0.571. The van der Waals surface area contributed by atoms with Gasteiger partial charge < -0.3 is 10.4 Å². The number of anilines is 1. The van der Waals surface area contributed by atoms with Crippen molar-refractivity contribution in [2.75, 3.05) is 18.4 Å². The summed E-state index contributed by atoms with van der Waals surface area (Å²) in [4.78, 5) is 2.61. The highest BCUT2D eigenvalue weighted by molar-refractivity contribution is 5.46. The number of aliphatic hydroxyl groups excluding tert-OH is 1. The predicted octanol–water partition coefficient (Wildman–Crippen LogP) is 1.83.